The van der Waals surface area contributed by atoms with Crippen molar-refractivity contribution in [2.45, 2.75) is 11.8 Å². The molecule has 1 atom stereocenters. The van der Waals surface area contributed by atoms with Gasteiger partial charge in [0.15, 0.2) is 0 Å². The zero-order valence-electron chi connectivity index (χ0n) is 15.9. The summed E-state index contributed by atoms with van der Waals surface area (Å²) in [6.45, 7) is 0. The monoisotopic (exact) mass is 429 g/mol. The van der Waals surface area contributed by atoms with Crippen LogP contribution in [0, 0.1) is 11.2 Å². The van der Waals surface area contributed by atoms with Crippen LogP contribution >= 0.6 is 0 Å². The highest BCUT2D eigenvalue weighted by Gasteiger charge is 2.57. The van der Waals surface area contributed by atoms with E-state index in [4.69, 9.17) is 5.41 Å². The number of aromatic nitrogens is 2. The Kier molecular flexibility index (Phi) is 5.08. The average molecular weight is 429 g/mol. The molecular weight excluding hydrogens is 412 g/mol. The second kappa shape index (κ2) is 7.60. The second-order valence-electron chi connectivity index (χ2n) is 6.99. The first-order valence-corrected chi connectivity index (χ1v) is 9.21. The Morgan fingerprint density at radius 1 is 1.06 bits per heavy atom. The van der Waals surface area contributed by atoms with Gasteiger partial charge in [-0.1, -0.05) is 0 Å². The van der Waals surface area contributed by atoms with Crippen LogP contribution in [-0.4, -0.2) is 27.5 Å². The third-order valence-electron chi connectivity index (χ3n) is 5.10. The van der Waals surface area contributed by atoms with Gasteiger partial charge in [-0.25, -0.2) is 9.37 Å². The topological polar surface area (TPSA) is 89.4 Å². The lowest BCUT2D eigenvalue weighted by Gasteiger charge is -2.31. The Balaban J connectivity index is 1.83. The fourth-order valence-corrected chi connectivity index (χ4v) is 3.52. The summed E-state index contributed by atoms with van der Waals surface area (Å²) in [6.07, 6.45) is -1.61. The number of aromatic amines is 1. The molecule has 0 amide bonds. The van der Waals surface area contributed by atoms with E-state index in [2.05, 4.69) is 9.97 Å². The Labute approximate surface area is 173 Å². The van der Waals surface area contributed by atoms with Gasteiger partial charge in [0.2, 0.25) is 5.60 Å². The molecule has 5 nitrogen and oxygen atoms in total. The zero-order chi connectivity index (χ0) is 22.2. The maximum absolute atomic E-state index is 14.2. The van der Waals surface area contributed by atoms with Gasteiger partial charge in [-0.15, -0.1) is 0 Å². The Morgan fingerprint density at radius 3 is 2.48 bits per heavy atom. The van der Waals surface area contributed by atoms with Crippen molar-refractivity contribution in [3.63, 3.8) is 0 Å². The molecule has 0 aliphatic rings. The van der Waals surface area contributed by atoms with Crippen molar-refractivity contribution in [2.24, 2.45) is 0 Å². The number of H-pyrrole nitrogens is 1. The molecule has 0 fully saturated rings. The molecule has 0 aliphatic heterocycles. The number of nitrogens with two attached hydrogens (primary N) is 1. The lowest BCUT2D eigenvalue weighted by atomic mass is 9.84. The maximum Gasteiger partial charge on any atom is 0.425 e. The van der Waals surface area contributed by atoms with Crippen molar-refractivity contribution >= 4 is 28.6 Å². The molecule has 2 aromatic carbocycles. The van der Waals surface area contributed by atoms with E-state index in [-0.39, 0.29) is 22.2 Å². The standard InChI is InChI=1S/C22H16F4N4O/c23-15-4-6-16(7-5-15)30-19-8-3-14(10-13(19)11-27)21(31,22(24,25)26)18-12-29-20-17(18)2-1-9-28-20/h1-12,27,30-31H,(H,28,29)/p+1. The van der Waals surface area contributed by atoms with E-state index in [1.165, 1.54) is 54.7 Å². The Morgan fingerprint density at radius 2 is 1.81 bits per heavy atom. The minimum atomic E-state index is -5.04. The molecule has 2 heterocycles. The summed E-state index contributed by atoms with van der Waals surface area (Å²) in [5, 5.41) is 20.4. The highest BCUT2D eigenvalue weighted by atomic mass is 19.4. The minimum absolute atomic E-state index is 0.140. The van der Waals surface area contributed by atoms with Crippen molar-refractivity contribution in [3.8, 4) is 0 Å². The molecule has 4 rings (SSSR count). The van der Waals surface area contributed by atoms with Crippen molar-refractivity contribution in [3.05, 3.63) is 89.5 Å². The van der Waals surface area contributed by atoms with Gasteiger partial charge in [-0.2, -0.15) is 13.2 Å². The van der Waals surface area contributed by atoms with Crippen LogP contribution in [0.25, 0.3) is 11.0 Å². The van der Waals surface area contributed by atoms with Crippen molar-refractivity contribution < 1.29 is 28.0 Å². The van der Waals surface area contributed by atoms with E-state index in [1.54, 1.807) is 5.32 Å². The number of nitrogens with zero attached hydrogens (tertiary/aromatic N) is 1. The molecule has 0 bridgehead atoms. The second-order valence-corrected chi connectivity index (χ2v) is 6.99. The number of benzene rings is 2. The van der Waals surface area contributed by atoms with E-state index in [0.29, 0.717) is 11.4 Å². The molecule has 158 valence electrons. The highest BCUT2D eigenvalue weighted by Crippen LogP contribution is 2.46. The molecule has 1 unspecified atom stereocenters. The van der Waals surface area contributed by atoms with E-state index in [0.717, 1.165) is 18.5 Å². The van der Waals surface area contributed by atoms with Gasteiger partial charge in [0.25, 0.3) is 0 Å². The maximum atomic E-state index is 14.2. The summed E-state index contributed by atoms with van der Waals surface area (Å²) in [6, 6.07) is 12.2. The molecule has 0 spiro atoms. The van der Waals surface area contributed by atoms with Crippen LogP contribution in [0.5, 0.6) is 0 Å². The van der Waals surface area contributed by atoms with E-state index < -0.39 is 23.2 Å². The Bertz CT molecular complexity index is 1250. The smallest absolute Gasteiger partial charge is 0.372 e. The Hall–Kier alpha value is -3.56. The molecule has 31 heavy (non-hydrogen) atoms. The number of fused-ring (bicyclic) bond motifs is 1. The highest BCUT2D eigenvalue weighted by molar-refractivity contribution is 5.85. The molecule has 0 saturated heterocycles. The van der Waals surface area contributed by atoms with Crippen LogP contribution in [0.1, 0.15) is 16.7 Å². The molecule has 0 saturated carbocycles. The van der Waals surface area contributed by atoms with Crippen molar-refractivity contribution in [1.82, 2.24) is 9.97 Å². The van der Waals surface area contributed by atoms with Gasteiger partial charge >= 0.3 is 6.18 Å². The number of pyridine rings is 1. The van der Waals surface area contributed by atoms with E-state index in [1.807, 2.05) is 0 Å². The molecular formula is C22H17F4N4O+. The van der Waals surface area contributed by atoms with Crippen molar-refractivity contribution in [2.75, 3.05) is 0 Å². The van der Waals surface area contributed by atoms with Crippen LogP contribution in [0.15, 0.2) is 67.0 Å². The molecule has 5 N–H and O–H groups in total. The summed E-state index contributed by atoms with van der Waals surface area (Å²) in [5.41, 5.74) is -2.67. The van der Waals surface area contributed by atoms with E-state index >= 15 is 0 Å². The normalized spacial score (nSPS) is 13.8. The van der Waals surface area contributed by atoms with Gasteiger partial charge in [0.05, 0.1) is 5.56 Å². The van der Waals surface area contributed by atoms with Crippen LogP contribution in [0.2, 0.25) is 0 Å². The van der Waals surface area contributed by atoms with Crippen LogP contribution in [0.3, 0.4) is 0 Å². The first-order chi connectivity index (χ1) is 14.7. The van der Waals surface area contributed by atoms with Gasteiger partial charge in [-0.05, 0) is 42.0 Å². The quantitative estimate of drug-likeness (QED) is 0.219. The number of alkyl halides is 3. The summed E-state index contributed by atoms with van der Waals surface area (Å²) in [7, 11) is 0. The fraction of sp³-hybridized carbons (Fsp3) is 0.0909. The first-order valence-electron chi connectivity index (χ1n) is 9.21. The molecule has 0 radical (unpaired) electrons. The first kappa shape index (κ1) is 20.7. The van der Waals surface area contributed by atoms with Gasteiger partial charge in [-0.3, -0.25) is 5.32 Å². The summed E-state index contributed by atoms with van der Waals surface area (Å²) in [4.78, 5) is 6.65. The zero-order valence-corrected chi connectivity index (χ0v) is 15.9. The number of hydrogen-bond donors (Lipinski definition) is 4. The predicted molar refractivity (Wildman–Crippen MR) is 107 cm³/mol. The molecule has 0 aliphatic carbocycles. The number of nitrogens with one attached hydrogen (secondary N) is 2. The van der Waals surface area contributed by atoms with Crippen LogP contribution < -0.4 is 5.32 Å². The van der Waals surface area contributed by atoms with Crippen LogP contribution in [-0.2, 0) is 5.60 Å². The number of quaternary nitrogens is 1. The third-order valence-corrected chi connectivity index (χ3v) is 5.10. The van der Waals surface area contributed by atoms with Crippen molar-refractivity contribution in [1.29, 1.82) is 5.41 Å². The predicted octanol–water partition coefficient (Wildman–Crippen LogP) is 4.02. The minimum Gasteiger partial charge on any atom is -0.372 e. The summed E-state index contributed by atoms with van der Waals surface area (Å²) >= 11 is 0. The third kappa shape index (κ3) is 3.58. The fourth-order valence-electron chi connectivity index (χ4n) is 3.52. The summed E-state index contributed by atoms with van der Waals surface area (Å²) in [5.74, 6) is -0.414. The largest absolute Gasteiger partial charge is 0.425 e. The summed E-state index contributed by atoms with van der Waals surface area (Å²) < 4.78 is 55.8. The van der Waals surface area contributed by atoms with Gasteiger partial charge < -0.3 is 15.5 Å². The van der Waals surface area contributed by atoms with Gasteiger partial charge in [0.1, 0.15) is 22.8 Å². The van der Waals surface area contributed by atoms with Crippen LogP contribution in [0.4, 0.5) is 28.9 Å². The van der Waals surface area contributed by atoms with E-state index in [9.17, 15) is 22.7 Å². The lowest BCUT2D eigenvalue weighted by Crippen LogP contribution is -2.71. The number of rotatable bonds is 5. The van der Waals surface area contributed by atoms with Gasteiger partial charge in [0, 0.05) is 47.8 Å². The number of aliphatic hydroxyl groups is 1. The molecule has 2 aromatic heterocycles. The SMILES string of the molecule is N=Cc1cc(C(O)(c2c[nH]c3ncccc23)C(F)(F)F)ccc1[NH2+]c1ccc(F)cc1. The lowest BCUT2D eigenvalue weighted by molar-refractivity contribution is -0.478. The average Bonchev–Trinajstić information content (AvgIpc) is 3.19. The number of halogens is 4. The number of hydrogen-bond acceptors (Lipinski definition) is 3. The molecule has 9 heteroatoms. The molecule has 4 aromatic rings.